The molecule has 1 aliphatic rings. The van der Waals surface area contributed by atoms with Crippen molar-refractivity contribution in [2.45, 2.75) is 59.3 Å². The molecule has 0 bridgehead atoms. The molecule has 71 heavy (non-hydrogen) atoms. The zero-order valence-electron chi connectivity index (χ0n) is 42.0. The molecular weight excluding hydrogens is 871 g/mol. The third kappa shape index (κ3) is 8.56. The van der Waals surface area contributed by atoms with Crippen LogP contribution in [0.4, 0.5) is 38.4 Å². The third-order valence-corrected chi connectivity index (χ3v) is 14.4. The van der Waals surface area contributed by atoms with Crippen molar-refractivity contribution in [3.8, 4) is 44.9 Å². The summed E-state index contributed by atoms with van der Waals surface area (Å²) in [6.45, 7) is 13.3. The van der Waals surface area contributed by atoms with Gasteiger partial charge in [0, 0.05) is 45.3 Å². The first-order valence-corrected chi connectivity index (χ1v) is 25.0. The number of para-hydroxylation sites is 4. The molecule has 354 valence electrons. The average molecular weight is 932 g/mol. The van der Waals surface area contributed by atoms with Gasteiger partial charge in [0.2, 0.25) is 6.42 Å². The summed E-state index contributed by atoms with van der Waals surface area (Å²) in [7, 11) is 3.41. The maximum absolute atomic E-state index is 20.5. The molecular formula is C65H61BFN2O2-. The predicted molar refractivity (Wildman–Crippen MR) is 300 cm³/mol. The number of halogens is 1. The van der Waals surface area contributed by atoms with E-state index < -0.39 is 6.42 Å². The molecule has 0 saturated carbocycles. The van der Waals surface area contributed by atoms with Gasteiger partial charge in [0.15, 0.2) is 0 Å². The van der Waals surface area contributed by atoms with Crippen molar-refractivity contribution in [2.24, 2.45) is 0 Å². The topological polar surface area (TPSA) is 24.9 Å². The molecule has 0 unspecified atom stereocenters. The second-order valence-corrected chi connectivity index (χ2v) is 19.7. The van der Waals surface area contributed by atoms with Crippen LogP contribution < -0.4 is 35.7 Å². The van der Waals surface area contributed by atoms with Crippen LogP contribution in [-0.2, 0) is 0 Å². The predicted octanol–water partition coefficient (Wildman–Crippen LogP) is 16.3. The number of benzene rings is 9. The SMILES string of the molecule is COc1cc2c(cc1-c1ccc(N(c3ccccc3)c3ccccc3)cc1)[B-](F)(c1c(C(C)C)cc(C(C)C)cc1C(C)C)c1cc(-c3ccc(N(c4ccccc4)c4ccccc4)cc3)c(OC)cc1-2. The van der Waals surface area contributed by atoms with E-state index >= 15 is 4.32 Å². The van der Waals surface area contributed by atoms with Crippen LogP contribution in [0.25, 0.3) is 33.4 Å². The number of nitrogens with zero attached hydrogens (tertiary/aromatic N) is 2. The molecule has 0 spiro atoms. The minimum Gasteiger partial charge on any atom is -0.498 e. The molecule has 1 aliphatic heterocycles. The first-order chi connectivity index (χ1) is 34.5. The third-order valence-electron chi connectivity index (χ3n) is 14.4. The van der Waals surface area contributed by atoms with Crippen molar-refractivity contribution in [2.75, 3.05) is 24.0 Å². The molecule has 0 aromatic heterocycles. The summed E-state index contributed by atoms with van der Waals surface area (Å²) in [5, 5.41) is 0. The monoisotopic (exact) mass is 931 g/mol. The van der Waals surface area contributed by atoms with Crippen molar-refractivity contribution in [1.82, 2.24) is 0 Å². The second-order valence-electron chi connectivity index (χ2n) is 19.7. The van der Waals surface area contributed by atoms with Gasteiger partial charge in [-0.15, -0.1) is 0 Å². The zero-order valence-corrected chi connectivity index (χ0v) is 42.0. The fraction of sp³-hybridized carbons (Fsp3) is 0.169. The van der Waals surface area contributed by atoms with Gasteiger partial charge in [0.1, 0.15) is 11.5 Å². The number of methoxy groups -OCH3 is 2. The molecule has 0 fully saturated rings. The van der Waals surface area contributed by atoms with E-state index in [1.54, 1.807) is 14.2 Å². The van der Waals surface area contributed by atoms with Crippen LogP contribution in [0.3, 0.4) is 0 Å². The molecule has 10 rings (SSSR count). The fourth-order valence-corrected chi connectivity index (χ4v) is 10.8. The van der Waals surface area contributed by atoms with Gasteiger partial charge < -0.3 is 23.6 Å². The normalized spacial score (nSPS) is 12.5. The Hall–Kier alpha value is -7.83. The van der Waals surface area contributed by atoms with Gasteiger partial charge in [-0.3, -0.25) is 0 Å². The van der Waals surface area contributed by atoms with Crippen LogP contribution in [0.1, 0.15) is 76.0 Å². The molecule has 4 nitrogen and oxygen atoms in total. The largest absolute Gasteiger partial charge is 0.498 e. The number of hydrogen-bond donors (Lipinski definition) is 0. The number of rotatable bonds is 14. The van der Waals surface area contributed by atoms with Crippen molar-refractivity contribution < 1.29 is 13.8 Å². The van der Waals surface area contributed by atoms with Crippen LogP contribution in [0, 0.1) is 0 Å². The Morgan fingerprint density at radius 2 is 0.676 bits per heavy atom. The Balaban J connectivity index is 1.17. The maximum atomic E-state index is 20.5. The smallest absolute Gasteiger partial charge is 0.236 e. The van der Waals surface area contributed by atoms with E-state index in [2.05, 4.69) is 233 Å². The molecule has 0 N–H and O–H groups in total. The summed E-state index contributed by atoms with van der Waals surface area (Å²) in [5.74, 6) is 1.76. The van der Waals surface area contributed by atoms with E-state index in [4.69, 9.17) is 9.47 Å². The van der Waals surface area contributed by atoms with Crippen LogP contribution in [0.2, 0.25) is 0 Å². The summed E-state index contributed by atoms with van der Waals surface area (Å²) < 4.78 is 33.1. The number of ether oxygens (including phenoxy) is 2. The quantitative estimate of drug-likeness (QED) is 0.101. The summed E-state index contributed by atoms with van der Waals surface area (Å²) in [6, 6.07) is 71.5. The number of fused-ring (bicyclic) bond motifs is 3. The molecule has 0 saturated heterocycles. The van der Waals surface area contributed by atoms with E-state index in [-0.39, 0.29) is 17.8 Å². The molecule has 0 atom stereocenters. The van der Waals surface area contributed by atoms with Gasteiger partial charge in [-0.1, -0.05) is 174 Å². The van der Waals surface area contributed by atoms with E-state index in [1.807, 2.05) is 24.3 Å². The highest BCUT2D eigenvalue weighted by Crippen LogP contribution is 2.45. The van der Waals surface area contributed by atoms with Crippen LogP contribution >= 0.6 is 0 Å². The molecule has 0 aliphatic carbocycles. The lowest BCUT2D eigenvalue weighted by Gasteiger charge is -2.39. The Kier molecular flexibility index (Phi) is 12.9. The van der Waals surface area contributed by atoms with Crippen molar-refractivity contribution in [1.29, 1.82) is 0 Å². The minimum absolute atomic E-state index is 0.0630. The molecule has 1 heterocycles. The number of hydrogen-bond acceptors (Lipinski definition) is 4. The van der Waals surface area contributed by atoms with E-state index in [0.29, 0.717) is 22.4 Å². The number of anilines is 6. The lowest BCUT2D eigenvalue weighted by molar-refractivity contribution is 0.416. The van der Waals surface area contributed by atoms with Crippen LogP contribution in [0.5, 0.6) is 11.5 Å². The van der Waals surface area contributed by atoms with E-state index in [1.165, 1.54) is 5.56 Å². The van der Waals surface area contributed by atoms with E-state index in [0.717, 1.165) is 84.1 Å². The minimum atomic E-state index is -3.08. The summed E-state index contributed by atoms with van der Waals surface area (Å²) in [4.78, 5) is 4.50. The standard InChI is InChI=1S/C65H61BFN2O2/c1-43(2)48-37-55(44(3)4)65(56(38-48)45(5)6)66(67)61-39-57(46-29-33-53(34-30-46)68(49-21-13-9-14-22-49)50-23-15-10-16-24-50)63(70-7)41-59(61)60-42-64(71-8)58(40-62(60)66)47-31-35-54(36-32-47)69(51-25-17-11-18-26-51)52-27-19-12-20-28-52/h9-45H,1-8H3/q-1. The van der Waals surface area contributed by atoms with Gasteiger partial charge in [-0.25, -0.2) is 0 Å². The highest BCUT2D eigenvalue weighted by molar-refractivity contribution is 7.10. The molecule has 6 heteroatoms. The molecule has 9 aromatic rings. The van der Waals surface area contributed by atoms with Crippen LogP contribution in [0.15, 0.2) is 206 Å². The van der Waals surface area contributed by atoms with Gasteiger partial charge in [0.05, 0.1) is 14.2 Å². The lowest BCUT2D eigenvalue weighted by Crippen LogP contribution is -2.63. The molecule has 0 amide bonds. The Bertz CT molecular complexity index is 3010. The fourth-order valence-electron chi connectivity index (χ4n) is 10.8. The lowest BCUT2D eigenvalue weighted by atomic mass is 9.31. The summed E-state index contributed by atoms with van der Waals surface area (Å²) in [6.07, 6.45) is -3.08. The highest BCUT2D eigenvalue weighted by atomic mass is 19.1. The Morgan fingerprint density at radius 1 is 0.366 bits per heavy atom. The van der Waals surface area contributed by atoms with Crippen molar-refractivity contribution in [3.05, 3.63) is 223 Å². The van der Waals surface area contributed by atoms with Crippen molar-refractivity contribution >= 4 is 56.9 Å². The average Bonchev–Trinajstić information content (AvgIpc) is 3.65. The maximum Gasteiger partial charge on any atom is 0.236 e. The zero-order chi connectivity index (χ0) is 49.4. The molecule has 9 aromatic carbocycles. The summed E-state index contributed by atoms with van der Waals surface area (Å²) in [5.41, 5.74) is 16.9. The Morgan fingerprint density at radius 3 is 0.958 bits per heavy atom. The Labute approximate surface area is 420 Å². The van der Waals surface area contributed by atoms with Gasteiger partial charge >= 0.3 is 0 Å². The van der Waals surface area contributed by atoms with Gasteiger partial charge in [-0.05, 0) is 131 Å². The van der Waals surface area contributed by atoms with E-state index in [9.17, 15) is 0 Å². The highest BCUT2D eigenvalue weighted by Gasteiger charge is 2.44. The second kappa shape index (κ2) is 19.5. The first kappa shape index (κ1) is 46.9. The summed E-state index contributed by atoms with van der Waals surface area (Å²) >= 11 is 0. The molecule has 0 radical (unpaired) electrons. The van der Waals surface area contributed by atoms with Crippen molar-refractivity contribution in [3.63, 3.8) is 0 Å². The van der Waals surface area contributed by atoms with Crippen LogP contribution in [-0.4, -0.2) is 20.6 Å². The van der Waals surface area contributed by atoms with Gasteiger partial charge in [-0.2, -0.15) is 16.4 Å². The first-order valence-electron chi connectivity index (χ1n) is 25.0. The van der Waals surface area contributed by atoms with Gasteiger partial charge in [0.25, 0.3) is 0 Å².